The highest BCUT2D eigenvalue weighted by atomic mass is 35.5. The third kappa shape index (κ3) is 4.65. The Morgan fingerprint density at radius 1 is 1.09 bits per heavy atom. The second-order valence-corrected chi connectivity index (χ2v) is 9.70. The highest BCUT2D eigenvalue weighted by Crippen LogP contribution is 2.33. The van der Waals surface area contributed by atoms with E-state index in [-0.39, 0.29) is 30.7 Å². The fourth-order valence-electron chi connectivity index (χ4n) is 3.96. The van der Waals surface area contributed by atoms with E-state index in [4.69, 9.17) is 25.8 Å². The van der Waals surface area contributed by atoms with Crippen molar-refractivity contribution in [2.75, 3.05) is 34.0 Å². The molecule has 2 aromatic carbocycles. The minimum atomic E-state index is -0.181. The lowest BCUT2D eigenvalue weighted by Crippen LogP contribution is -2.49. The van der Waals surface area contributed by atoms with Crippen LogP contribution >= 0.6 is 22.9 Å². The number of pyridine rings is 1. The smallest absolute Gasteiger partial charge is 0.273 e. The molecule has 0 unspecified atom stereocenters. The van der Waals surface area contributed by atoms with Gasteiger partial charge in [-0.3, -0.25) is 14.2 Å². The fourth-order valence-corrected chi connectivity index (χ4v) is 5.17. The number of carbonyl (C=O) groups excluding carboxylic acids is 1. The van der Waals surface area contributed by atoms with Gasteiger partial charge in [0, 0.05) is 34.6 Å². The van der Waals surface area contributed by atoms with Gasteiger partial charge in [0.2, 0.25) is 5.91 Å². The zero-order valence-corrected chi connectivity index (χ0v) is 20.8. The summed E-state index contributed by atoms with van der Waals surface area (Å²) in [5.74, 6) is 0.945. The number of aromatic nitrogens is 1. The van der Waals surface area contributed by atoms with Gasteiger partial charge < -0.3 is 19.1 Å². The van der Waals surface area contributed by atoms with Gasteiger partial charge in [-0.1, -0.05) is 23.7 Å². The van der Waals surface area contributed by atoms with Crippen LogP contribution in [0.1, 0.15) is 0 Å². The first kappa shape index (κ1) is 23.4. The molecule has 1 aliphatic heterocycles. The van der Waals surface area contributed by atoms with E-state index in [0.717, 1.165) is 15.8 Å². The maximum atomic E-state index is 13.3. The van der Waals surface area contributed by atoms with Gasteiger partial charge in [-0.05, 0) is 42.0 Å². The van der Waals surface area contributed by atoms with Crippen molar-refractivity contribution in [3.05, 3.63) is 76.2 Å². The molecule has 4 aromatic rings. The molecule has 1 saturated heterocycles. The van der Waals surface area contributed by atoms with Crippen molar-refractivity contribution in [2.24, 2.45) is 0 Å². The summed E-state index contributed by atoms with van der Waals surface area (Å²) >= 11 is 7.46. The molecule has 5 rings (SSSR count). The summed E-state index contributed by atoms with van der Waals surface area (Å²) in [4.78, 5) is 27.8. The molecule has 180 valence electrons. The molecule has 0 spiro atoms. The number of nitrogens with zero attached hydrogens (tertiary/aromatic N) is 2. The van der Waals surface area contributed by atoms with E-state index in [1.165, 1.54) is 11.3 Å². The Morgan fingerprint density at radius 2 is 1.89 bits per heavy atom. The Morgan fingerprint density at radius 3 is 2.66 bits per heavy atom. The Labute approximate surface area is 211 Å². The van der Waals surface area contributed by atoms with Crippen molar-refractivity contribution in [3.8, 4) is 27.6 Å². The molecule has 0 N–H and O–H groups in total. The maximum absolute atomic E-state index is 13.3. The number of amides is 1. The van der Waals surface area contributed by atoms with Crippen LogP contribution in [0, 0.1) is 0 Å². The summed E-state index contributed by atoms with van der Waals surface area (Å²) in [5.41, 5.74) is 1.57. The molecule has 0 bridgehead atoms. The molecule has 0 radical (unpaired) electrons. The Hall–Kier alpha value is -3.33. The first-order valence-corrected chi connectivity index (χ1v) is 12.2. The van der Waals surface area contributed by atoms with Crippen molar-refractivity contribution in [1.82, 2.24) is 9.47 Å². The zero-order valence-electron chi connectivity index (χ0n) is 19.2. The van der Waals surface area contributed by atoms with E-state index in [0.29, 0.717) is 33.5 Å². The number of halogens is 1. The normalized spacial score (nSPS) is 16.0. The molecule has 35 heavy (non-hydrogen) atoms. The summed E-state index contributed by atoms with van der Waals surface area (Å²) in [6.45, 7) is 0.777. The molecular weight excluding hydrogens is 488 g/mol. The zero-order chi connectivity index (χ0) is 24.5. The molecule has 1 amide bonds. The lowest BCUT2D eigenvalue weighted by molar-refractivity contribution is -0.147. The number of likely N-dealkylation sites (N-methyl/N-ethyl adjacent to an activating group) is 1. The number of carbonyl (C=O) groups is 1. The summed E-state index contributed by atoms with van der Waals surface area (Å²) in [6.07, 6.45) is 1.76. The van der Waals surface area contributed by atoms with E-state index in [1.54, 1.807) is 42.0 Å². The monoisotopic (exact) mass is 510 g/mol. The first-order chi connectivity index (χ1) is 16.9. The highest BCUT2D eigenvalue weighted by Gasteiger charge is 2.26. The summed E-state index contributed by atoms with van der Waals surface area (Å²) in [5, 5.41) is 1.56. The van der Waals surface area contributed by atoms with E-state index in [1.807, 2.05) is 42.5 Å². The van der Waals surface area contributed by atoms with Crippen LogP contribution < -0.4 is 15.0 Å². The molecule has 1 fully saturated rings. The Kier molecular flexibility index (Phi) is 6.51. The number of hydrogen-bond acceptors (Lipinski definition) is 6. The van der Waals surface area contributed by atoms with Gasteiger partial charge >= 0.3 is 0 Å². The summed E-state index contributed by atoms with van der Waals surface area (Å²) in [7, 11) is 3.29. The predicted molar refractivity (Wildman–Crippen MR) is 137 cm³/mol. The van der Waals surface area contributed by atoms with E-state index in [9.17, 15) is 9.59 Å². The number of thiophene rings is 1. The molecule has 1 aliphatic rings. The molecule has 9 heteroatoms. The molecule has 0 aliphatic carbocycles. The van der Waals surface area contributed by atoms with Gasteiger partial charge in [-0.15, -0.1) is 11.3 Å². The molecule has 1 atom stereocenters. The van der Waals surface area contributed by atoms with Gasteiger partial charge in [0.1, 0.15) is 17.9 Å². The number of rotatable bonds is 6. The molecule has 3 heterocycles. The third-order valence-electron chi connectivity index (χ3n) is 6.04. The number of ether oxygens (including phenoxy) is 3. The molecule has 7 nitrogen and oxygen atoms in total. The SMILES string of the molecule is COc1cc(-n2ccc3cc(-c4ccc(Cl)cc4)sc3c2=O)ccc1OC[C@@H]1COCC(=O)N1C. The average Bonchev–Trinajstić information content (AvgIpc) is 3.31. The highest BCUT2D eigenvalue weighted by molar-refractivity contribution is 7.22. The maximum Gasteiger partial charge on any atom is 0.273 e. The predicted octanol–water partition coefficient (Wildman–Crippen LogP) is 4.62. The standard InChI is InChI=1S/C26H23ClN2O5S/c1-28-20(13-33-15-24(28)30)14-34-21-8-7-19(12-22(21)32-2)29-10-9-17-11-23(35-25(17)26(29)31)16-3-5-18(27)6-4-16/h3-12,20H,13-15H2,1-2H3/t20-/m0/s1. The van der Waals surface area contributed by atoms with Crippen LogP contribution in [0.4, 0.5) is 0 Å². The second kappa shape index (κ2) is 9.73. The Bertz CT molecular complexity index is 1450. The van der Waals surface area contributed by atoms with Crippen molar-refractivity contribution in [1.29, 1.82) is 0 Å². The van der Waals surface area contributed by atoms with Crippen LogP contribution in [-0.4, -0.2) is 55.4 Å². The Balaban J connectivity index is 1.42. The number of benzene rings is 2. The van der Waals surface area contributed by atoms with Crippen molar-refractivity contribution < 1.29 is 19.0 Å². The van der Waals surface area contributed by atoms with Gasteiger partial charge in [0.05, 0.1) is 25.4 Å². The van der Waals surface area contributed by atoms with Crippen LogP contribution in [0.3, 0.4) is 0 Å². The van der Waals surface area contributed by atoms with Crippen LogP contribution in [0.5, 0.6) is 11.5 Å². The number of hydrogen-bond donors (Lipinski definition) is 0. The quantitative estimate of drug-likeness (QED) is 0.378. The topological polar surface area (TPSA) is 70.0 Å². The van der Waals surface area contributed by atoms with E-state index < -0.39 is 0 Å². The second-order valence-electron chi connectivity index (χ2n) is 8.21. The van der Waals surface area contributed by atoms with Crippen LogP contribution in [-0.2, 0) is 9.53 Å². The molecule has 2 aromatic heterocycles. The first-order valence-electron chi connectivity index (χ1n) is 11.0. The summed E-state index contributed by atoms with van der Waals surface area (Å²) in [6, 6.07) is 16.7. The number of fused-ring (bicyclic) bond motifs is 1. The van der Waals surface area contributed by atoms with Crippen molar-refractivity contribution in [2.45, 2.75) is 6.04 Å². The minimum absolute atomic E-state index is 0.0743. The average molecular weight is 511 g/mol. The lowest BCUT2D eigenvalue weighted by atomic mass is 10.2. The van der Waals surface area contributed by atoms with Crippen molar-refractivity contribution in [3.63, 3.8) is 0 Å². The van der Waals surface area contributed by atoms with Crippen LogP contribution in [0.15, 0.2) is 65.6 Å². The third-order valence-corrected chi connectivity index (χ3v) is 7.48. The fraction of sp³-hybridized carbons (Fsp3) is 0.231. The van der Waals surface area contributed by atoms with Crippen LogP contribution in [0.25, 0.3) is 26.2 Å². The minimum Gasteiger partial charge on any atom is -0.493 e. The number of methoxy groups -OCH3 is 1. The number of morpholine rings is 1. The summed E-state index contributed by atoms with van der Waals surface area (Å²) < 4.78 is 19.1. The lowest BCUT2D eigenvalue weighted by Gasteiger charge is -2.32. The van der Waals surface area contributed by atoms with Crippen LogP contribution in [0.2, 0.25) is 5.02 Å². The van der Waals surface area contributed by atoms with Gasteiger partial charge in [-0.2, -0.15) is 0 Å². The van der Waals surface area contributed by atoms with Gasteiger partial charge in [-0.25, -0.2) is 0 Å². The van der Waals surface area contributed by atoms with E-state index >= 15 is 0 Å². The van der Waals surface area contributed by atoms with Crippen molar-refractivity contribution >= 4 is 38.9 Å². The van der Waals surface area contributed by atoms with Gasteiger partial charge in [0.15, 0.2) is 11.5 Å². The molecular formula is C26H23ClN2O5S. The largest absolute Gasteiger partial charge is 0.493 e. The van der Waals surface area contributed by atoms with E-state index in [2.05, 4.69) is 0 Å². The van der Waals surface area contributed by atoms with Gasteiger partial charge in [0.25, 0.3) is 5.56 Å². The molecule has 0 saturated carbocycles.